The summed E-state index contributed by atoms with van der Waals surface area (Å²) in [6, 6.07) is -0.0125. The van der Waals surface area contributed by atoms with E-state index in [0.717, 1.165) is 73.9 Å². The molecule has 134 valence electrons. The molecule has 0 spiro atoms. The lowest BCUT2D eigenvalue weighted by Crippen LogP contribution is -2.36. The highest BCUT2D eigenvalue weighted by molar-refractivity contribution is 7.07. The van der Waals surface area contributed by atoms with Crippen LogP contribution in [0.5, 0.6) is 0 Å². The van der Waals surface area contributed by atoms with Crippen molar-refractivity contribution in [2.24, 2.45) is 0 Å². The minimum atomic E-state index is -0.0714. The Morgan fingerprint density at radius 3 is 2.92 bits per heavy atom. The molecule has 25 heavy (non-hydrogen) atoms. The Hall–Kier alpha value is -1.96. The molecule has 0 radical (unpaired) electrons. The van der Waals surface area contributed by atoms with Gasteiger partial charge in [0.1, 0.15) is 12.4 Å². The number of fused-ring (bicyclic) bond motifs is 1. The third kappa shape index (κ3) is 3.03. The summed E-state index contributed by atoms with van der Waals surface area (Å²) in [6.45, 7) is 3.65. The molecule has 4 heterocycles. The number of aromatic nitrogens is 4. The van der Waals surface area contributed by atoms with E-state index >= 15 is 0 Å². The number of aryl methyl sites for hydroxylation is 2. The summed E-state index contributed by atoms with van der Waals surface area (Å²) >= 11 is 1.15. The number of nitrogens with zero attached hydrogens (tertiary/aromatic N) is 5. The van der Waals surface area contributed by atoms with Crippen molar-refractivity contribution in [3.8, 4) is 0 Å². The summed E-state index contributed by atoms with van der Waals surface area (Å²) in [6.07, 6.45) is 6.37. The van der Waals surface area contributed by atoms with E-state index in [1.165, 1.54) is 6.42 Å². The minimum Gasteiger partial charge on any atom is -0.331 e. The van der Waals surface area contributed by atoms with Gasteiger partial charge in [-0.05, 0) is 32.6 Å². The highest BCUT2D eigenvalue weighted by Gasteiger charge is 2.34. The van der Waals surface area contributed by atoms with Crippen LogP contribution in [0.15, 0.2) is 10.2 Å². The lowest BCUT2D eigenvalue weighted by atomic mass is 10.2. The SMILES string of the molecule is Cc1csc(=O)n1CC(=O)N1CCC[C@H]1c1nnc2n1CCCCC2. The standard InChI is InChI=1S/C17H23N5O2S/c1-12-11-25-17(24)22(12)10-15(23)20-9-5-6-13(20)16-19-18-14-7-3-2-4-8-21(14)16/h11,13H,2-10H2,1H3/t13-/m0/s1. The molecule has 8 heteroatoms. The molecule has 0 aliphatic carbocycles. The van der Waals surface area contributed by atoms with Crippen LogP contribution in [0, 0.1) is 6.92 Å². The van der Waals surface area contributed by atoms with Gasteiger partial charge in [-0.25, -0.2) is 0 Å². The van der Waals surface area contributed by atoms with Crippen LogP contribution in [0.2, 0.25) is 0 Å². The quantitative estimate of drug-likeness (QED) is 0.837. The molecule has 0 saturated carbocycles. The molecule has 0 aromatic carbocycles. The summed E-state index contributed by atoms with van der Waals surface area (Å²) in [5, 5.41) is 10.6. The maximum atomic E-state index is 12.9. The van der Waals surface area contributed by atoms with Gasteiger partial charge in [-0.1, -0.05) is 17.8 Å². The molecular weight excluding hydrogens is 338 g/mol. The first kappa shape index (κ1) is 16.5. The predicted octanol–water partition coefficient (Wildman–Crippen LogP) is 1.90. The maximum absolute atomic E-state index is 12.9. The van der Waals surface area contributed by atoms with E-state index in [-0.39, 0.29) is 23.4 Å². The number of carbonyl (C=O) groups excluding carboxylic acids is 1. The van der Waals surface area contributed by atoms with Gasteiger partial charge < -0.3 is 9.47 Å². The summed E-state index contributed by atoms with van der Waals surface area (Å²) in [7, 11) is 0. The van der Waals surface area contributed by atoms with E-state index in [1.807, 2.05) is 11.8 Å². The Kier molecular flexibility index (Phi) is 4.45. The third-order valence-electron chi connectivity index (χ3n) is 5.28. The fourth-order valence-electron chi connectivity index (χ4n) is 3.91. The molecule has 4 rings (SSSR count). The summed E-state index contributed by atoms with van der Waals surface area (Å²) < 4.78 is 3.79. The molecule has 0 N–H and O–H groups in total. The molecule has 2 aromatic rings. The largest absolute Gasteiger partial charge is 0.331 e. The number of thiazole rings is 1. The van der Waals surface area contributed by atoms with Gasteiger partial charge in [0.05, 0.1) is 6.04 Å². The van der Waals surface area contributed by atoms with Crippen molar-refractivity contribution in [1.82, 2.24) is 24.2 Å². The van der Waals surface area contributed by atoms with Gasteiger partial charge in [0.25, 0.3) is 0 Å². The van der Waals surface area contributed by atoms with Crippen molar-refractivity contribution in [3.05, 3.63) is 32.4 Å². The molecule has 1 fully saturated rings. The number of hydrogen-bond acceptors (Lipinski definition) is 5. The van der Waals surface area contributed by atoms with Crippen LogP contribution in [-0.4, -0.2) is 36.7 Å². The number of likely N-dealkylation sites (tertiary alicyclic amines) is 1. The van der Waals surface area contributed by atoms with E-state index in [0.29, 0.717) is 0 Å². The van der Waals surface area contributed by atoms with Crippen molar-refractivity contribution in [2.45, 2.75) is 64.6 Å². The fourth-order valence-corrected chi connectivity index (χ4v) is 4.64. The average Bonchev–Trinajstić information content (AvgIpc) is 3.26. The normalized spacial score (nSPS) is 20.5. The molecule has 1 saturated heterocycles. The zero-order valence-corrected chi connectivity index (χ0v) is 15.3. The van der Waals surface area contributed by atoms with E-state index in [2.05, 4.69) is 14.8 Å². The Bertz CT molecular complexity index is 836. The summed E-state index contributed by atoms with van der Waals surface area (Å²) in [4.78, 5) is 26.6. The fraction of sp³-hybridized carbons (Fsp3) is 0.647. The molecule has 2 aliphatic rings. The minimum absolute atomic E-state index is 0.00271. The first-order valence-electron chi connectivity index (χ1n) is 9.01. The second kappa shape index (κ2) is 6.74. The number of amides is 1. The Balaban J connectivity index is 1.58. The third-order valence-corrected chi connectivity index (χ3v) is 6.16. The van der Waals surface area contributed by atoms with Gasteiger partial charge in [-0.2, -0.15) is 0 Å². The van der Waals surface area contributed by atoms with Crippen LogP contribution < -0.4 is 4.87 Å². The van der Waals surface area contributed by atoms with Crippen molar-refractivity contribution in [3.63, 3.8) is 0 Å². The van der Waals surface area contributed by atoms with Crippen LogP contribution in [0.1, 0.15) is 55.5 Å². The Morgan fingerprint density at radius 1 is 1.24 bits per heavy atom. The lowest BCUT2D eigenvalue weighted by molar-refractivity contribution is -0.133. The van der Waals surface area contributed by atoms with Crippen LogP contribution in [-0.2, 0) is 24.3 Å². The molecule has 2 aliphatic heterocycles. The van der Waals surface area contributed by atoms with Crippen molar-refractivity contribution < 1.29 is 4.79 Å². The van der Waals surface area contributed by atoms with Crippen LogP contribution in [0.3, 0.4) is 0 Å². The second-order valence-corrected chi connectivity index (χ2v) is 7.73. The number of hydrogen-bond donors (Lipinski definition) is 0. The first-order valence-corrected chi connectivity index (χ1v) is 9.89. The smallest absolute Gasteiger partial charge is 0.307 e. The van der Waals surface area contributed by atoms with Gasteiger partial charge >= 0.3 is 4.87 Å². The monoisotopic (exact) mass is 361 g/mol. The molecule has 1 amide bonds. The zero-order chi connectivity index (χ0) is 17.4. The van der Waals surface area contributed by atoms with Gasteiger partial charge in [0.15, 0.2) is 5.82 Å². The van der Waals surface area contributed by atoms with Crippen molar-refractivity contribution in [1.29, 1.82) is 0 Å². The van der Waals surface area contributed by atoms with Gasteiger partial charge in [-0.15, -0.1) is 10.2 Å². The van der Waals surface area contributed by atoms with E-state index < -0.39 is 0 Å². The van der Waals surface area contributed by atoms with Crippen LogP contribution in [0.25, 0.3) is 0 Å². The van der Waals surface area contributed by atoms with E-state index in [1.54, 1.807) is 9.95 Å². The summed E-state index contributed by atoms with van der Waals surface area (Å²) in [5.74, 6) is 1.98. The second-order valence-electron chi connectivity index (χ2n) is 6.91. The van der Waals surface area contributed by atoms with Crippen LogP contribution in [0.4, 0.5) is 0 Å². The van der Waals surface area contributed by atoms with Gasteiger partial charge in [0, 0.05) is 30.6 Å². The molecule has 0 unspecified atom stereocenters. The van der Waals surface area contributed by atoms with E-state index in [9.17, 15) is 9.59 Å². The molecular formula is C17H23N5O2S. The lowest BCUT2D eigenvalue weighted by Gasteiger charge is -2.25. The number of rotatable bonds is 3. The molecule has 0 bridgehead atoms. The summed E-state index contributed by atoms with van der Waals surface area (Å²) in [5.41, 5.74) is 0.843. The van der Waals surface area contributed by atoms with Crippen molar-refractivity contribution >= 4 is 17.2 Å². The topological polar surface area (TPSA) is 73.0 Å². The highest BCUT2D eigenvalue weighted by atomic mass is 32.1. The Labute approximate surface area is 150 Å². The first-order chi connectivity index (χ1) is 12.1. The molecule has 7 nitrogen and oxygen atoms in total. The highest BCUT2D eigenvalue weighted by Crippen LogP contribution is 2.32. The molecule has 2 aromatic heterocycles. The number of carbonyl (C=O) groups is 1. The van der Waals surface area contributed by atoms with E-state index in [4.69, 9.17) is 0 Å². The molecule has 1 atom stereocenters. The van der Waals surface area contributed by atoms with Crippen molar-refractivity contribution in [2.75, 3.05) is 6.54 Å². The zero-order valence-electron chi connectivity index (χ0n) is 14.5. The Morgan fingerprint density at radius 2 is 2.12 bits per heavy atom. The van der Waals surface area contributed by atoms with Crippen LogP contribution >= 0.6 is 11.3 Å². The maximum Gasteiger partial charge on any atom is 0.307 e. The predicted molar refractivity (Wildman–Crippen MR) is 94.6 cm³/mol. The van der Waals surface area contributed by atoms with Gasteiger partial charge in [0.2, 0.25) is 5.91 Å². The average molecular weight is 361 g/mol. The van der Waals surface area contributed by atoms with Gasteiger partial charge in [-0.3, -0.25) is 14.2 Å².